The van der Waals surface area contributed by atoms with Crippen molar-refractivity contribution in [2.75, 3.05) is 0 Å². The van der Waals surface area contributed by atoms with Crippen molar-refractivity contribution in [2.24, 2.45) is 20.0 Å². The summed E-state index contributed by atoms with van der Waals surface area (Å²) in [5, 5.41) is 3.01. The Bertz CT molecular complexity index is 1160. The summed E-state index contributed by atoms with van der Waals surface area (Å²) in [4.78, 5) is 41.6. The van der Waals surface area contributed by atoms with Gasteiger partial charge in [-0.1, -0.05) is 44.2 Å². The SMILES string of the molecule is CC(C)CC(NC(=O)Cn1c(Cl)nc2c1c(=O)n(C)c(=O)n2C)c1ccccc1. The highest BCUT2D eigenvalue weighted by Gasteiger charge is 2.21. The second-order valence-electron chi connectivity index (χ2n) is 7.51. The quantitative estimate of drug-likeness (QED) is 0.621. The van der Waals surface area contributed by atoms with Gasteiger partial charge >= 0.3 is 5.69 Å². The van der Waals surface area contributed by atoms with E-state index < -0.39 is 11.2 Å². The molecule has 0 aliphatic heterocycles. The van der Waals surface area contributed by atoms with E-state index in [1.807, 2.05) is 30.3 Å². The topological polar surface area (TPSA) is 90.9 Å². The van der Waals surface area contributed by atoms with E-state index in [4.69, 9.17) is 11.6 Å². The Morgan fingerprint density at radius 2 is 1.79 bits per heavy atom. The van der Waals surface area contributed by atoms with Gasteiger partial charge in [0.15, 0.2) is 11.2 Å². The molecule has 8 nitrogen and oxygen atoms in total. The van der Waals surface area contributed by atoms with Crippen molar-refractivity contribution in [1.82, 2.24) is 24.0 Å². The van der Waals surface area contributed by atoms with Crippen molar-refractivity contribution >= 4 is 28.7 Å². The van der Waals surface area contributed by atoms with Gasteiger partial charge in [0.25, 0.3) is 5.56 Å². The number of halogens is 1. The number of hydrogen-bond donors (Lipinski definition) is 1. The summed E-state index contributed by atoms with van der Waals surface area (Å²) in [5.74, 6) is 0.0802. The van der Waals surface area contributed by atoms with Crippen LogP contribution in [-0.2, 0) is 25.4 Å². The van der Waals surface area contributed by atoms with Crippen LogP contribution in [0.25, 0.3) is 11.2 Å². The first-order chi connectivity index (χ1) is 13.7. The smallest absolute Gasteiger partial charge is 0.332 e. The van der Waals surface area contributed by atoms with Crippen molar-refractivity contribution in [1.29, 1.82) is 0 Å². The number of nitrogens with one attached hydrogen (secondary N) is 1. The number of benzene rings is 1. The summed E-state index contributed by atoms with van der Waals surface area (Å²) in [5.41, 5.74) is 0.230. The van der Waals surface area contributed by atoms with Crippen LogP contribution < -0.4 is 16.6 Å². The Kier molecular flexibility index (Phi) is 5.93. The van der Waals surface area contributed by atoms with Gasteiger partial charge in [-0.15, -0.1) is 0 Å². The zero-order valence-corrected chi connectivity index (χ0v) is 17.6. The molecule has 1 N–H and O–H groups in total. The molecule has 0 saturated heterocycles. The van der Waals surface area contributed by atoms with E-state index in [0.29, 0.717) is 5.92 Å². The zero-order chi connectivity index (χ0) is 21.3. The lowest BCUT2D eigenvalue weighted by molar-refractivity contribution is -0.122. The third kappa shape index (κ3) is 4.12. The number of fused-ring (bicyclic) bond motifs is 1. The molecular formula is C20H24ClN5O3. The molecule has 0 saturated carbocycles. The fourth-order valence-corrected chi connectivity index (χ4v) is 3.61. The average molecular weight is 418 g/mol. The molecule has 154 valence electrons. The Balaban J connectivity index is 1.94. The Hall–Kier alpha value is -2.87. The molecule has 1 atom stereocenters. The second-order valence-corrected chi connectivity index (χ2v) is 7.84. The lowest BCUT2D eigenvalue weighted by Crippen LogP contribution is -2.38. The second kappa shape index (κ2) is 8.24. The summed E-state index contributed by atoms with van der Waals surface area (Å²) in [6, 6.07) is 9.56. The van der Waals surface area contributed by atoms with Gasteiger partial charge in [0.2, 0.25) is 11.2 Å². The molecule has 1 amide bonds. The molecule has 9 heteroatoms. The van der Waals surface area contributed by atoms with Crippen LogP contribution in [0.4, 0.5) is 0 Å². The summed E-state index contributed by atoms with van der Waals surface area (Å²) in [6.45, 7) is 4.00. The first kappa shape index (κ1) is 20.9. The Morgan fingerprint density at radius 1 is 1.14 bits per heavy atom. The van der Waals surface area contributed by atoms with E-state index >= 15 is 0 Å². The van der Waals surface area contributed by atoms with E-state index in [-0.39, 0.29) is 34.9 Å². The highest BCUT2D eigenvalue weighted by atomic mass is 35.5. The lowest BCUT2D eigenvalue weighted by Gasteiger charge is -2.21. The number of rotatable bonds is 6. The molecule has 3 aromatic rings. The van der Waals surface area contributed by atoms with E-state index in [9.17, 15) is 14.4 Å². The van der Waals surface area contributed by atoms with Crippen LogP contribution in [0.3, 0.4) is 0 Å². The van der Waals surface area contributed by atoms with E-state index in [0.717, 1.165) is 16.6 Å². The Morgan fingerprint density at radius 3 is 2.41 bits per heavy atom. The maximum atomic E-state index is 12.8. The van der Waals surface area contributed by atoms with Crippen molar-refractivity contribution in [3.63, 3.8) is 0 Å². The highest BCUT2D eigenvalue weighted by molar-refractivity contribution is 6.29. The number of imidazole rings is 1. The highest BCUT2D eigenvalue weighted by Crippen LogP contribution is 2.21. The summed E-state index contributed by atoms with van der Waals surface area (Å²) < 4.78 is 3.55. The Labute approximate surface area is 172 Å². The van der Waals surface area contributed by atoms with Crippen LogP contribution in [-0.4, -0.2) is 24.6 Å². The molecule has 29 heavy (non-hydrogen) atoms. The van der Waals surface area contributed by atoms with Gasteiger partial charge in [0, 0.05) is 14.1 Å². The molecule has 0 fully saturated rings. The first-order valence-electron chi connectivity index (χ1n) is 9.36. The predicted molar refractivity (Wildman–Crippen MR) is 112 cm³/mol. The van der Waals surface area contributed by atoms with Gasteiger partial charge in [0.05, 0.1) is 6.04 Å². The van der Waals surface area contributed by atoms with Gasteiger partial charge in [-0.25, -0.2) is 4.79 Å². The van der Waals surface area contributed by atoms with Crippen molar-refractivity contribution in [3.05, 3.63) is 62.0 Å². The van der Waals surface area contributed by atoms with Crippen LogP contribution in [0.1, 0.15) is 31.9 Å². The van der Waals surface area contributed by atoms with Crippen LogP contribution in [0, 0.1) is 5.92 Å². The van der Waals surface area contributed by atoms with Gasteiger partial charge in [0.1, 0.15) is 6.54 Å². The molecule has 2 aromatic heterocycles. The maximum absolute atomic E-state index is 12.8. The predicted octanol–water partition coefficient (Wildman–Crippen LogP) is 1.99. The fourth-order valence-electron chi connectivity index (χ4n) is 3.38. The van der Waals surface area contributed by atoms with E-state index in [2.05, 4.69) is 24.1 Å². The number of carbonyl (C=O) groups excluding carboxylic acids is 1. The summed E-state index contributed by atoms with van der Waals surface area (Å²) >= 11 is 6.21. The standard InChI is InChI=1S/C20H24ClN5O3/c1-12(2)10-14(13-8-6-5-7-9-13)22-15(27)11-26-16-17(23-19(26)21)24(3)20(29)25(4)18(16)28/h5-9,12,14H,10-11H2,1-4H3,(H,22,27). The van der Waals surface area contributed by atoms with E-state index in [1.165, 1.54) is 23.2 Å². The number of carbonyl (C=O) groups is 1. The van der Waals surface area contributed by atoms with Gasteiger partial charge in [-0.2, -0.15) is 4.98 Å². The van der Waals surface area contributed by atoms with Crippen molar-refractivity contribution < 1.29 is 4.79 Å². The summed E-state index contributed by atoms with van der Waals surface area (Å²) in [6.07, 6.45) is 0.768. The van der Waals surface area contributed by atoms with Crippen LogP contribution in [0.15, 0.2) is 39.9 Å². The van der Waals surface area contributed by atoms with Crippen LogP contribution >= 0.6 is 11.6 Å². The molecule has 0 bridgehead atoms. The minimum atomic E-state index is -0.544. The third-order valence-corrected chi connectivity index (χ3v) is 5.14. The van der Waals surface area contributed by atoms with Crippen molar-refractivity contribution in [3.8, 4) is 0 Å². The number of aryl methyl sites for hydroxylation is 1. The molecule has 0 aliphatic carbocycles. The minimum absolute atomic E-state index is 0.0198. The summed E-state index contributed by atoms with van der Waals surface area (Å²) in [7, 11) is 2.88. The average Bonchev–Trinajstić information content (AvgIpc) is 3.01. The fraction of sp³-hybridized carbons (Fsp3) is 0.400. The molecule has 3 rings (SSSR count). The molecular weight excluding hydrogens is 394 g/mol. The van der Waals surface area contributed by atoms with E-state index in [1.54, 1.807) is 0 Å². The largest absolute Gasteiger partial charge is 0.348 e. The molecule has 0 radical (unpaired) electrons. The van der Waals surface area contributed by atoms with Crippen LogP contribution in [0.2, 0.25) is 5.28 Å². The molecule has 1 aromatic carbocycles. The number of aromatic nitrogens is 4. The molecule has 1 unspecified atom stereocenters. The monoisotopic (exact) mass is 417 g/mol. The lowest BCUT2D eigenvalue weighted by atomic mass is 9.97. The molecule has 0 spiro atoms. The first-order valence-corrected chi connectivity index (χ1v) is 9.74. The number of nitrogens with zero attached hydrogens (tertiary/aromatic N) is 4. The van der Waals surface area contributed by atoms with Gasteiger partial charge < -0.3 is 5.32 Å². The van der Waals surface area contributed by atoms with Crippen LogP contribution in [0.5, 0.6) is 0 Å². The minimum Gasteiger partial charge on any atom is -0.348 e. The van der Waals surface area contributed by atoms with Crippen molar-refractivity contribution in [2.45, 2.75) is 32.9 Å². The number of amides is 1. The number of hydrogen-bond acceptors (Lipinski definition) is 4. The maximum Gasteiger partial charge on any atom is 0.332 e. The third-order valence-electron chi connectivity index (χ3n) is 4.85. The van der Waals surface area contributed by atoms with Gasteiger partial charge in [-0.05, 0) is 29.5 Å². The molecule has 2 heterocycles. The van der Waals surface area contributed by atoms with Gasteiger partial charge in [-0.3, -0.25) is 23.3 Å². The molecule has 0 aliphatic rings. The normalized spacial score (nSPS) is 12.5. The zero-order valence-electron chi connectivity index (χ0n) is 16.8.